The molecular formula is C9H6ClN5O. The molecule has 0 spiro atoms. The first-order chi connectivity index (χ1) is 7.74. The van der Waals surface area contributed by atoms with Crippen molar-refractivity contribution in [3.8, 4) is 11.6 Å². The lowest BCUT2D eigenvalue weighted by atomic mass is 10.4. The summed E-state index contributed by atoms with van der Waals surface area (Å²) in [6.45, 7) is 1.80. The molecule has 0 saturated heterocycles. The summed E-state index contributed by atoms with van der Waals surface area (Å²) >= 11 is 5.90. The molecule has 0 radical (unpaired) electrons. The average Bonchev–Trinajstić information content (AvgIpc) is 2.83. The summed E-state index contributed by atoms with van der Waals surface area (Å²) in [7, 11) is 0. The van der Waals surface area contributed by atoms with Crippen molar-refractivity contribution in [3.63, 3.8) is 0 Å². The molecule has 0 aliphatic heterocycles. The zero-order valence-corrected chi connectivity index (χ0v) is 9.01. The molecule has 0 unspecified atom stereocenters. The van der Waals surface area contributed by atoms with Gasteiger partial charge in [-0.15, -0.1) is 5.10 Å². The number of nitrogens with zero attached hydrogens (tertiary/aromatic N) is 5. The predicted molar refractivity (Wildman–Crippen MR) is 56.0 cm³/mol. The van der Waals surface area contributed by atoms with Gasteiger partial charge < -0.3 is 4.42 Å². The Kier molecular flexibility index (Phi) is 1.90. The first-order valence-corrected chi connectivity index (χ1v) is 4.90. The Morgan fingerprint density at radius 1 is 1.38 bits per heavy atom. The van der Waals surface area contributed by atoms with E-state index >= 15 is 0 Å². The number of halogens is 1. The number of fused-ring (bicyclic) bond motifs is 1. The highest BCUT2D eigenvalue weighted by atomic mass is 35.5. The maximum Gasteiger partial charge on any atom is 0.202 e. The Morgan fingerprint density at radius 3 is 3.00 bits per heavy atom. The number of aromatic nitrogens is 5. The Balaban J connectivity index is 2.38. The van der Waals surface area contributed by atoms with Crippen LogP contribution in [0.4, 0.5) is 0 Å². The molecule has 0 aliphatic rings. The van der Waals surface area contributed by atoms with E-state index < -0.39 is 0 Å². The van der Waals surface area contributed by atoms with Crippen LogP contribution in [0.1, 0.15) is 5.82 Å². The maximum atomic E-state index is 5.90. The molecule has 3 heterocycles. The summed E-state index contributed by atoms with van der Waals surface area (Å²) in [5, 5.41) is 4.55. The van der Waals surface area contributed by atoms with Crippen molar-refractivity contribution in [2.75, 3.05) is 0 Å². The molecule has 3 rings (SSSR count). The summed E-state index contributed by atoms with van der Waals surface area (Å²) < 4.78 is 6.74. The van der Waals surface area contributed by atoms with E-state index in [0.29, 0.717) is 28.2 Å². The minimum atomic E-state index is 0.339. The third-order valence-corrected chi connectivity index (χ3v) is 2.25. The van der Waals surface area contributed by atoms with E-state index in [2.05, 4.69) is 20.1 Å². The number of oxazole rings is 1. The Labute approximate surface area is 94.9 Å². The molecule has 0 amide bonds. The van der Waals surface area contributed by atoms with E-state index in [0.717, 1.165) is 0 Å². The number of hydrogen-bond acceptors (Lipinski definition) is 5. The van der Waals surface area contributed by atoms with Gasteiger partial charge in [0.25, 0.3) is 0 Å². The molecule has 6 nitrogen and oxygen atoms in total. The summed E-state index contributed by atoms with van der Waals surface area (Å²) in [6.07, 6.45) is 2.88. The van der Waals surface area contributed by atoms with E-state index in [1.54, 1.807) is 23.7 Å². The number of aryl methyl sites for hydroxylation is 1. The lowest BCUT2D eigenvalue weighted by Crippen LogP contribution is -1.97. The molecule has 80 valence electrons. The van der Waals surface area contributed by atoms with Crippen LogP contribution in [0.25, 0.3) is 17.2 Å². The summed E-state index contributed by atoms with van der Waals surface area (Å²) in [4.78, 5) is 12.2. The third-order valence-electron chi connectivity index (χ3n) is 2.05. The van der Waals surface area contributed by atoms with Crippen LogP contribution in [0, 0.1) is 6.92 Å². The number of hydrogen-bond donors (Lipinski definition) is 0. The van der Waals surface area contributed by atoms with Gasteiger partial charge in [-0.25, -0.2) is 15.0 Å². The maximum absolute atomic E-state index is 5.90. The van der Waals surface area contributed by atoms with Crippen molar-refractivity contribution in [1.29, 1.82) is 0 Å². The molecule has 0 aromatic carbocycles. The Morgan fingerprint density at radius 2 is 2.25 bits per heavy atom. The van der Waals surface area contributed by atoms with Crippen LogP contribution in [0.3, 0.4) is 0 Å². The van der Waals surface area contributed by atoms with Gasteiger partial charge in [-0.05, 0) is 6.92 Å². The van der Waals surface area contributed by atoms with E-state index in [-0.39, 0.29) is 0 Å². The largest absolute Gasteiger partial charge is 0.440 e. The lowest BCUT2D eigenvalue weighted by molar-refractivity contribution is 0.564. The first-order valence-electron chi connectivity index (χ1n) is 4.53. The second-order valence-electron chi connectivity index (χ2n) is 3.20. The van der Waals surface area contributed by atoms with Gasteiger partial charge in [0.15, 0.2) is 17.8 Å². The SMILES string of the molecule is Cc1nc2cc(Cl)nc(-c3cnco3)n2n1. The number of rotatable bonds is 1. The van der Waals surface area contributed by atoms with Crippen molar-refractivity contribution in [3.05, 3.63) is 29.6 Å². The molecular weight excluding hydrogens is 230 g/mol. The van der Waals surface area contributed by atoms with Crippen LogP contribution in [-0.2, 0) is 0 Å². The molecule has 7 heteroatoms. The van der Waals surface area contributed by atoms with Crippen molar-refractivity contribution < 1.29 is 4.42 Å². The highest BCUT2D eigenvalue weighted by Crippen LogP contribution is 2.20. The molecule has 0 aliphatic carbocycles. The standard InChI is InChI=1S/C9H6ClN5O/c1-5-12-8-2-7(10)13-9(15(8)14-5)6-3-11-4-16-6/h2-4H,1H3. The topological polar surface area (TPSA) is 69.1 Å². The van der Waals surface area contributed by atoms with Crippen molar-refractivity contribution in [2.45, 2.75) is 6.92 Å². The van der Waals surface area contributed by atoms with E-state index in [4.69, 9.17) is 16.0 Å². The van der Waals surface area contributed by atoms with Gasteiger partial charge in [0.05, 0.1) is 6.20 Å². The second kappa shape index (κ2) is 3.28. The van der Waals surface area contributed by atoms with Crippen LogP contribution in [0.5, 0.6) is 0 Å². The van der Waals surface area contributed by atoms with Crippen LogP contribution in [0.2, 0.25) is 5.15 Å². The molecule has 0 bridgehead atoms. The first kappa shape index (κ1) is 9.29. The third kappa shape index (κ3) is 1.35. The molecule has 3 aromatic rings. The van der Waals surface area contributed by atoms with Crippen LogP contribution in [-0.4, -0.2) is 24.6 Å². The fourth-order valence-electron chi connectivity index (χ4n) is 1.45. The second-order valence-corrected chi connectivity index (χ2v) is 3.58. The van der Waals surface area contributed by atoms with Crippen LogP contribution >= 0.6 is 11.6 Å². The van der Waals surface area contributed by atoms with Gasteiger partial charge >= 0.3 is 0 Å². The van der Waals surface area contributed by atoms with Crippen LogP contribution in [0.15, 0.2) is 23.1 Å². The van der Waals surface area contributed by atoms with Gasteiger partial charge in [-0.2, -0.15) is 4.52 Å². The van der Waals surface area contributed by atoms with Crippen LogP contribution < -0.4 is 0 Å². The van der Waals surface area contributed by atoms with E-state index in [1.165, 1.54) is 6.39 Å². The highest BCUT2D eigenvalue weighted by molar-refractivity contribution is 6.29. The molecule has 16 heavy (non-hydrogen) atoms. The summed E-state index contributed by atoms with van der Waals surface area (Å²) in [5.74, 6) is 1.63. The fraction of sp³-hybridized carbons (Fsp3) is 0.111. The van der Waals surface area contributed by atoms with E-state index in [1.807, 2.05) is 0 Å². The molecule has 3 aromatic heterocycles. The van der Waals surface area contributed by atoms with Crippen molar-refractivity contribution >= 4 is 17.2 Å². The Bertz CT molecular complexity index is 645. The zero-order chi connectivity index (χ0) is 11.1. The average molecular weight is 236 g/mol. The lowest BCUT2D eigenvalue weighted by Gasteiger charge is -1.99. The van der Waals surface area contributed by atoms with Gasteiger partial charge in [0.1, 0.15) is 11.0 Å². The minimum Gasteiger partial charge on any atom is -0.440 e. The summed E-state index contributed by atoms with van der Waals surface area (Å²) in [6, 6.07) is 1.64. The monoisotopic (exact) mass is 235 g/mol. The smallest absolute Gasteiger partial charge is 0.202 e. The van der Waals surface area contributed by atoms with Gasteiger partial charge in [0.2, 0.25) is 5.82 Å². The van der Waals surface area contributed by atoms with E-state index in [9.17, 15) is 0 Å². The normalized spacial score (nSPS) is 11.1. The minimum absolute atomic E-state index is 0.339. The molecule has 0 fully saturated rings. The van der Waals surface area contributed by atoms with Gasteiger partial charge in [-0.3, -0.25) is 0 Å². The summed E-state index contributed by atoms with van der Waals surface area (Å²) in [5.41, 5.74) is 0.629. The zero-order valence-electron chi connectivity index (χ0n) is 8.25. The quantitative estimate of drug-likeness (QED) is 0.601. The van der Waals surface area contributed by atoms with Crippen molar-refractivity contribution in [2.24, 2.45) is 0 Å². The van der Waals surface area contributed by atoms with Crippen molar-refractivity contribution in [1.82, 2.24) is 24.6 Å². The molecule has 0 atom stereocenters. The predicted octanol–water partition coefficient (Wildman–Crippen LogP) is 1.74. The van der Waals surface area contributed by atoms with Gasteiger partial charge in [0, 0.05) is 6.07 Å². The van der Waals surface area contributed by atoms with Gasteiger partial charge in [-0.1, -0.05) is 11.6 Å². The highest BCUT2D eigenvalue weighted by Gasteiger charge is 2.12. The molecule has 0 saturated carbocycles. The fourth-order valence-corrected chi connectivity index (χ4v) is 1.63. The Hall–Kier alpha value is -1.95. The molecule has 0 N–H and O–H groups in total.